The number of ether oxygens (including phenoxy) is 1. The Kier molecular flexibility index (Phi) is 5.46. The zero-order chi connectivity index (χ0) is 19.6. The van der Waals surface area contributed by atoms with Gasteiger partial charge < -0.3 is 14.2 Å². The molecule has 3 aromatic rings. The predicted molar refractivity (Wildman–Crippen MR) is 112 cm³/mol. The molecule has 142 valence electrons. The first-order valence-corrected chi connectivity index (χ1v) is 10.0. The maximum atomic E-state index is 12.1. The summed E-state index contributed by atoms with van der Waals surface area (Å²) in [6, 6.07) is 12.3. The number of carbonyl (C=O) groups is 1. The first-order chi connectivity index (χ1) is 12.8. The van der Waals surface area contributed by atoms with Gasteiger partial charge in [0.25, 0.3) is 0 Å². The summed E-state index contributed by atoms with van der Waals surface area (Å²) in [7, 11) is 1.89. The standard InChI is InChI=1S/C21H25N3O2S/c1-21(2,3)26-20(25)14-23(4)16-6-7-18-15(12-16)9-11-24(18)19-13-17(27-5)8-10-22-19/h6-13H,14H2,1-5H3. The molecule has 3 rings (SSSR count). The highest BCUT2D eigenvalue weighted by atomic mass is 32.2. The van der Waals surface area contributed by atoms with Crippen molar-refractivity contribution in [3.8, 4) is 5.82 Å². The molecule has 27 heavy (non-hydrogen) atoms. The van der Waals surface area contributed by atoms with Crippen LogP contribution < -0.4 is 4.90 Å². The van der Waals surface area contributed by atoms with Gasteiger partial charge in [-0.1, -0.05) is 0 Å². The van der Waals surface area contributed by atoms with Crippen molar-refractivity contribution in [2.75, 3.05) is 24.7 Å². The smallest absolute Gasteiger partial charge is 0.326 e. The van der Waals surface area contributed by atoms with E-state index < -0.39 is 5.60 Å². The molecule has 0 amide bonds. The average molecular weight is 384 g/mol. The highest BCUT2D eigenvalue weighted by Gasteiger charge is 2.18. The van der Waals surface area contributed by atoms with E-state index in [1.807, 2.05) is 57.2 Å². The van der Waals surface area contributed by atoms with Crippen molar-refractivity contribution in [2.45, 2.75) is 31.3 Å². The van der Waals surface area contributed by atoms with E-state index in [9.17, 15) is 4.79 Å². The molecule has 0 N–H and O–H groups in total. The summed E-state index contributed by atoms with van der Waals surface area (Å²) in [5.41, 5.74) is 1.57. The highest BCUT2D eigenvalue weighted by molar-refractivity contribution is 7.98. The van der Waals surface area contributed by atoms with E-state index in [0.717, 1.165) is 22.4 Å². The van der Waals surface area contributed by atoms with Crippen LogP contribution in [-0.4, -0.2) is 41.0 Å². The van der Waals surface area contributed by atoms with Crippen LogP contribution in [0.15, 0.2) is 53.7 Å². The zero-order valence-electron chi connectivity index (χ0n) is 16.4. The van der Waals surface area contributed by atoms with Crippen LogP contribution in [0, 0.1) is 0 Å². The highest BCUT2D eigenvalue weighted by Crippen LogP contribution is 2.26. The monoisotopic (exact) mass is 383 g/mol. The lowest BCUT2D eigenvalue weighted by Crippen LogP contribution is -2.32. The predicted octanol–water partition coefficient (Wildman–Crippen LogP) is 4.53. The molecule has 0 radical (unpaired) electrons. The Hall–Kier alpha value is -2.47. The third-order valence-corrected chi connectivity index (χ3v) is 4.83. The maximum Gasteiger partial charge on any atom is 0.326 e. The number of carbonyl (C=O) groups excluding carboxylic acids is 1. The number of likely N-dealkylation sites (N-methyl/N-ethyl adjacent to an activating group) is 1. The number of esters is 1. The second kappa shape index (κ2) is 7.64. The van der Waals surface area contributed by atoms with Crippen LogP contribution >= 0.6 is 11.8 Å². The van der Waals surface area contributed by atoms with E-state index in [1.54, 1.807) is 11.8 Å². The van der Waals surface area contributed by atoms with E-state index in [0.29, 0.717) is 0 Å². The molecule has 0 aliphatic heterocycles. The normalized spacial score (nSPS) is 11.6. The minimum atomic E-state index is -0.475. The second-order valence-corrected chi connectivity index (χ2v) is 8.30. The lowest BCUT2D eigenvalue weighted by molar-refractivity contribution is -0.152. The Morgan fingerprint density at radius 3 is 2.70 bits per heavy atom. The van der Waals surface area contributed by atoms with E-state index >= 15 is 0 Å². The fourth-order valence-electron chi connectivity index (χ4n) is 2.88. The molecule has 0 saturated carbocycles. The van der Waals surface area contributed by atoms with E-state index in [4.69, 9.17) is 4.74 Å². The van der Waals surface area contributed by atoms with Crippen molar-refractivity contribution < 1.29 is 9.53 Å². The summed E-state index contributed by atoms with van der Waals surface area (Å²) < 4.78 is 7.48. The maximum absolute atomic E-state index is 12.1. The van der Waals surface area contributed by atoms with Crippen LogP contribution in [0.5, 0.6) is 0 Å². The van der Waals surface area contributed by atoms with Gasteiger partial charge in [-0.05, 0) is 63.4 Å². The molecule has 0 saturated heterocycles. The molecule has 0 aliphatic rings. The molecule has 0 unspecified atom stereocenters. The van der Waals surface area contributed by atoms with Crippen molar-refractivity contribution >= 4 is 34.3 Å². The molecule has 0 fully saturated rings. The molecule has 1 aromatic carbocycles. The van der Waals surface area contributed by atoms with Crippen molar-refractivity contribution in [1.29, 1.82) is 0 Å². The number of thioether (sulfide) groups is 1. The quantitative estimate of drug-likeness (QED) is 0.479. The Labute approximate surface area is 164 Å². The summed E-state index contributed by atoms with van der Waals surface area (Å²) in [6.45, 7) is 5.83. The van der Waals surface area contributed by atoms with Gasteiger partial charge in [0.1, 0.15) is 18.0 Å². The summed E-state index contributed by atoms with van der Waals surface area (Å²) in [5, 5.41) is 1.10. The number of nitrogens with zero attached hydrogens (tertiary/aromatic N) is 3. The molecule has 6 heteroatoms. The van der Waals surface area contributed by atoms with Crippen LogP contribution in [0.25, 0.3) is 16.7 Å². The fraction of sp³-hybridized carbons (Fsp3) is 0.333. The third-order valence-electron chi connectivity index (χ3n) is 4.10. The molecule has 0 atom stereocenters. The van der Waals surface area contributed by atoms with Crippen molar-refractivity contribution in [3.05, 3.63) is 48.8 Å². The van der Waals surface area contributed by atoms with Crippen LogP contribution in [-0.2, 0) is 9.53 Å². The SMILES string of the molecule is CSc1ccnc(-n2ccc3cc(N(C)CC(=O)OC(C)(C)C)ccc32)c1. The number of pyridine rings is 1. The van der Waals surface area contributed by atoms with E-state index in [1.165, 1.54) is 4.90 Å². The zero-order valence-corrected chi connectivity index (χ0v) is 17.2. The van der Waals surface area contributed by atoms with Crippen molar-refractivity contribution in [2.24, 2.45) is 0 Å². The van der Waals surface area contributed by atoms with Crippen LogP contribution in [0.2, 0.25) is 0 Å². The number of aromatic nitrogens is 2. The molecule has 0 bridgehead atoms. The lowest BCUT2D eigenvalue weighted by atomic mass is 10.2. The molecule has 0 aliphatic carbocycles. The van der Waals surface area contributed by atoms with Gasteiger partial charge in [-0.3, -0.25) is 4.79 Å². The van der Waals surface area contributed by atoms with Gasteiger partial charge in [-0.2, -0.15) is 0 Å². The van der Waals surface area contributed by atoms with Crippen molar-refractivity contribution in [3.63, 3.8) is 0 Å². The summed E-state index contributed by atoms with van der Waals surface area (Å²) >= 11 is 1.70. The third kappa shape index (κ3) is 4.63. The van der Waals surface area contributed by atoms with Gasteiger partial charge in [0.2, 0.25) is 0 Å². The van der Waals surface area contributed by atoms with E-state index in [2.05, 4.69) is 40.1 Å². The Bertz CT molecular complexity index is 959. The molecule has 2 aromatic heterocycles. The van der Waals surface area contributed by atoms with Gasteiger partial charge in [0, 0.05) is 35.4 Å². The molecule has 2 heterocycles. The lowest BCUT2D eigenvalue weighted by Gasteiger charge is -2.23. The first kappa shape index (κ1) is 19.3. The largest absolute Gasteiger partial charge is 0.459 e. The van der Waals surface area contributed by atoms with Gasteiger partial charge in [-0.25, -0.2) is 4.98 Å². The Morgan fingerprint density at radius 2 is 2.00 bits per heavy atom. The minimum absolute atomic E-state index is 0.209. The topological polar surface area (TPSA) is 47.4 Å². The fourth-order valence-corrected chi connectivity index (χ4v) is 3.30. The number of anilines is 1. The summed E-state index contributed by atoms with van der Waals surface area (Å²) in [6.07, 6.45) is 5.91. The van der Waals surface area contributed by atoms with E-state index in [-0.39, 0.29) is 12.5 Å². The van der Waals surface area contributed by atoms with Gasteiger partial charge >= 0.3 is 5.97 Å². The van der Waals surface area contributed by atoms with Gasteiger partial charge in [0.15, 0.2) is 0 Å². The second-order valence-electron chi connectivity index (χ2n) is 7.43. The van der Waals surface area contributed by atoms with Gasteiger partial charge in [0.05, 0.1) is 5.52 Å². The average Bonchev–Trinajstić information content (AvgIpc) is 3.03. The first-order valence-electron chi connectivity index (χ1n) is 8.81. The van der Waals surface area contributed by atoms with Crippen LogP contribution in [0.3, 0.4) is 0 Å². The number of fused-ring (bicyclic) bond motifs is 1. The Morgan fingerprint density at radius 1 is 1.22 bits per heavy atom. The number of hydrogen-bond donors (Lipinski definition) is 0. The summed E-state index contributed by atoms with van der Waals surface area (Å²) in [4.78, 5) is 19.6. The van der Waals surface area contributed by atoms with Gasteiger partial charge in [-0.15, -0.1) is 11.8 Å². The molecular formula is C21H25N3O2S. The molecule has 0 spiro atoms. The number of benzene rings is 1. The number of hydrogen-bond acceptors (Lipinski definition) is 5. The van der Waals surface area contributed by atoms with Crippen molar-refractivity contribution in [1.82, 2.24) is 9.55 Å². The molecule has 5 nitrogen and oxygen atoms in total. The van der Waals surface area contributed by atoms with Crippen LogP contribution in [0.4, 0.5) is 5.69 Å². The minimum Gasteiger partial charge on any atom is -0.459 e. The summed E-state index contributed by atoms with van der Waals surface area (Å²) in [5.74, 6) is 0.660. The molecular weight excluding hydrogens is 358 g/mol. The number of rotatable bonds is 5. The Balaban J connectivity index is 1.83. The van der Waals surface area contributed by atoms with Crippen LogP contribution in [0.1, 0.15) is 20.8 Å².